The molecule has 3 rings (SSSR count). The van der Waals surface area contributed by atoms with E-state index in [4.69, 9.17) is 4.52 Å². The molecule has 1 saturated carbocycles. The average Bonchev–Trinajstić information content (AvgIpc) is 3.07. The lowest BCUT2D eigenvalue weighted by Crippen LogP contribution is -1.87. The van der Waals surface area contributed by atoms with Crippen LogP contribution in [0.15, 0.2) is 34.9 Å². The van der Waals surface area contributed by atoms with Gasteiger partial charge in [-0.05, 0) is 12.8 Å². The molecule has 1 aliphatic rings. The third-order valence-corrected chi connectivity index (χ3v) is 2.86. The van der Waals surface area contributed by atoms with Gasteiger partial charge in [0.05, 0.1) is 4.92 Å². The smallest absolute Gasteiger partial charge is 0.270 e. The lowest BCUT2D eigenvalue weighted by molar-refractivity contribution is -0.384. The molecule has 0 N–H and O–H groups in total. The van der Waals surface area contributed by atoms with Crippen molar-refractivity contribution in [1.29, 1.82) is 0 Å². The number of nitro groups is 1. The van der Waals surface area contributed by atoms with Gasteiger partial charge in [-0.3, -0.25) is 10.1 Å². The van der Waals surface area contributed by atoms with Gasteiger partial charge in [-0.25, -0.2) is 0 Å². The van der Waals surface area contributed by atoms with Crippen LogP contribution in [0.25, 0.3) is 11.3 Å². The summed E-state index contributed by atoms with van der Waals surface area (Å²) in [5, 5.41) is 14.6. The van der Waals surface area contributed by atoms with Crippen LogP contribution in [0.5, 0.6) is 0 Å². The van der Waals surface area contributed by atoms with Crippen molar-refractivity contribution in [2.24, 2.45) is 0 Å². The van der Waals surface area contributed by atoms with E-state index in [9.17, 15) is 10.1 Å². The second kappa shape index (κ2) is 3.69. The number of benzene rings is 1. The monoisotopic (exact) mass is 230 g/mol. The standard InChI is InChI=1S/C12H10N2O3/c15-14(16)10-3-1-2-9(6-10)11-7-12(17-13-11)8-4-5-8/h1-3,6-8H,4-5H2. The summed E-state index contributed by atoms with van der Waals surface area (Å²) in [6.45, 7) is 0. The Hall–Kier alpha value is -2.17. The lowest BCUT2D eigenvalue weighted by Gasteiger charge is -1.94. The molecule has 0 unspecified atom stereocenters. The van der Waals surface area contributed by atoms with E-state index in [0.717, 1.165) is 24.2 Å². The number of non-ortho nitro benzene ring substituents is 1. The zero-order chi connectivity index (χ0) is 11.8. The molecule has 0 radical (unpaired) electrons. The SMILES string of the molecule is O=[N+]([O-])c1cccc(-c2cc(C3CC3)on2)c1. The second-order valence-corrected chi connectivity index (χ2v) is 4.20. The van der Waals surface area contributed by atoms with Crippen molar-refractivity contribution in [1.82, 2.24) is 5.16 Å². The Bertz CT molecular complexity index is 573. The highest BCUT2D eigenvalue weighted by molar-refractivity contribution is 5.62. The van der Waals surface area contributed by atoms with Crippen molar-refractivity contribution >= 4 is 5.69 Å². The Morgan fingerprint density at radius 3 is 2.88 bits per heavy atom. The van der Waals surface area contributed by atoms with Crippen molar-refractivity contribution in [3.63, 3.8) is 0 Å². The minimum absolute atomic E-state index is 0.0680. The molecule has 1 aromatic carbocycles. The van der Waals surface area contributed by atoms with Crippen LogP contribution in [-0.4, -0.2) is 10.1 Å². The van der Waals surface area contributed by atoms with Crippen molar-refractivity contribution in [3.05, 3.63) is 46.2 Å². The summed E-state index contributed by atoms with van der Waals surface area (Å²) in [6.07, 6.45) is 2.28. The highest BCUT2D eigenvalue weighted by Crippen LogP contribution is 2.41. The van der Waals surface area contributed by atoms with Gasteiger partial charge in [0.25, 0.3) is 5.69 Å². The first-order valence-electron chi connectivity index (χ1n) is 5.45. The molecule has 1 heterocycles. The van der Waals surface area contributed by atoms with Crippen molar-refractivity contribution in [2.45, 2.75) is 18.8 Å². The topological polar surface area (TPSA) is 69.2 Å². The molecular weight excluding hydrogens is 220 g/mol. The predicted octanol–water partition coefficient (Wildman–Crippen LogP) is 3.13. The summed E-state index contributed by atoms with van der Waals surface area (Å²) in [5.41, 5.74) is 1.45. The fourth-order valence-electron chi connectivity index (χ4n) is 1.76. The van der Waals surface area contributed by atoms with E-state index >= 15 is 0 Å². The second-order valence-electron chi connectivity index (χ2n) is 4.20. The van der Waals surface area contributed by atoms with Gasteiger partial charge in [0, 0.05) is 29.7 Å². The summed E-state index contributed by atoms with van der Waals surface area (Å²) in [6, 6.07) is 8.29. The minimum atomic E-state index is -0.411. The first-order valence-corrected chi connectivity index (χ1v) is 5.45. The van der Waals surface area contributed by atoms with Crippen LogP contribution in [-0.2, 0) is 0 Å². The number of hydrogen-bond donors (Lipinski definition) is 0. The van der Waals surface area contributed by atoms with Gasteiger partial charge < -0.3 is 4.52 Å². The number of aromatic nitrogens is 1. The van der Waals surface area contributed by atoms with E-state index in [1.807, 2.05) is 6.07 Å². The van der Waals surface area contributed by atoms with Crippen LogP contribution in [0.3, 0.4) is 0 Å². The largest absolute Gasteiger partial charge is 0.360 e. The van der Waals surface area contributed by atoms with Crippen LogP contribution in [0.2, 0.25) is 0 Å². The maximum absolute atomic E-state index is 10.7. The van der Waals surface area contributed by atoms with Gasteiger partial charge in [-0.15, -0.1) is 0 Å². The Morgan fingerprint density at radius 2 is 2.18 bits per heavy atom. The molecule has 17 heavy (non-hydrogen) atoms. The number of nitro benzene ring substituents is 1. The van der Waals surface area contributed by atoms with Gasteiger partial charge in [0.15, 0.2) is 0 Å². The number of hydrogen-bond acceptors (Lipinski definition) is 4. The highest BCUT2D eigenvalue weighted by Gasteiger charge is 2.28. The molecule has 1 aromatic heterocycles. The third-order valence-electron chi connectivity index (χ3n) is 2.86. The molecule has 0 atom stereocenters. The summed E-state index contributed by atoms with van der Waals surface area (Å²) in [4.78, 5) is 10.3. The molecule has 5 heteroatoms. The summed E-state index contributed by atoms with van der Waals surface area (Å²) in [7, 11) is 0. The summed E-state index contributed by atoms with van der Waals surface area (Å²) >= 11 is 0. The molecule has 0 saturated heterocycles. The van der Waals surface area contributed by atoms with E-state index in [-0.39, 0.29) is 5.69 Å². The quantitative estimate of drug-likeness (QED) is 0.600. The van der Waals surface area contributed by atoms with Gasteiger partial charge in [0.1, 0.15) is 11.5 Å². The van der Waals surface area contributed by atoms with E-state index in [0.29, 0.717) is 11.6 Å². The lowest BCUT2D eigenvalue weighted by atomic mass is 10.1. The van der Waals surface area contributed by atoms with Crippen LogP contribution in [0.4, 0.5) is 5.69 Å². The first kappa shape index (κ1) is 10.0. The van der Waals surface area contributed by atoms with Crippen molar-refractivity contribution in [2.75, 3.05) is 0 Å². The third kappa shape index (κ3) is 1.91. The highest BCUT2D eigenvalue weighted by atomic mass is 16.6. The van der Waals surface area contributed by atoms with Crippen LogP contribution in [0, 0.1) is 10.1 Å². The molecule has 1 fully saturated rings. The molecule has 86 valence electrons. The molecular formula is C12H10N2O3. The van der Waals surface area contributed by atoms with Crippen LogP contribution >= 0.6 is 0 Å². The molecule has 0 aliphatic heterocycles. The van der Waals surface area contributed by atoms with E-state index in [1.165, 1.54) is 12.1 Å². The molecule has 1 aliphatic carbocycles. The van der Waals surface area contributed by atoms with Gasteiger partial charge in [-0.2, -0.15) is 0 Å². The molecule has 5 nitrogen and oxygen atoms in total. The number of rotatable bonds is 3. The summed E-state index contributed by atoms with van der Waals surface area (Å²) < 4.78 is 5.22. The minimum Gasteiger partial charge on any atom is -0.360 e. The Morgan fingerprint density at radius 1 is 1.35 bits per heavy atom. The van der Waals surface area contributed by atoms with E-state index < -0.39 is 4.92 Å². The van der Waals surface area contributed by atoms with Crippen molar-refractivity contribution in [3.8, 4) is 11.3 Å². The molecule has 2 aromatic rings. The Kier molecular flexibility index (Phi) is 2.18. The fourth-order valence-corrected chi connectivity index (χ4v) is 1.76. The van der Waals surface area contributed by atoms with Crippen LogP contribution < -0.4 is 0 Å². The Labute approximate surface area is 97.2 Å². The first-order chi connectivity index (χ1) is 8.24. The fraction of sp³-hybridized carbons (Fsp3) is 0.250. The molecule has 0 amide bonds. The zero-order valence-electron chi connectivity index (χ0n) is 9.00. The van der Waals surface area contributed by atoms with Crippen LogP contribution in [0.1, 0.15) is 24.5 Å². The Balaban J connectivity index is 1.96. The normalized spacial score (nSPS) is 14.8. The maximum Gasteiger partial charge on any atom is 0.270 e. The number of nitrogens with zero attached hydrogens (tertiary/aromatic N) is 2. The predicted molar refractivity (Wildman–Crippen MR) is 60.6 cm³/mol. The average molecular weight is 230 g/mol. The van der Waals surface area contributed by atoms with Gasteiger partial charge in [-0.1, -0.05) is 17.3 Å². The van der Waals surface area contributed by atoms with E-state index in [1.54, 1.807) is 12.1 Å². The van der Waals surface area contributed by atoms with Gasteiger partial charge in [0.2, 0.25) is 0 Å². The van der Waals surface area contributed by atoms with Crippen molar-refractivity contribution < 1.29 is 9.45 Å². The molecule has 0 spiro atoms. The summed E-state index contributed by atoms with van der Waals surface area (Å²) in [5.74, 6) is 1.38. The van der Waals surface area contributed by atoms with Gasteiger partial charge >= 0.3 is 0 Å². The molecule has 0 bridgehead atoms. The maximum atomic E-state index is 10.7. The van der Waals surface area contributed by atoms with E-state index in [2.05, 4.69) is 5.16 Å². The zero-order valence-corrected chi connectivity index (χ0v) is 9.00.